The van der Waals surface area contributed by atoms with Gasteiger partial charge in [-0.25, -0.2) is 0 Å². The molecule has 2 aliphatic rings. The van der Waals surface area contributed by atoms with Gasteiger partial charge in [0.05, 0.1) is 0 Å². The minimum Gasteiger partial charge on any atom is -0.508 e. The lowest BCUT2D eigenvalue weighted by Gasteiger charge is -2.36. The fraction of sp³-hybridized carbons (Fsp3) is 0.647. The summed E-state index contributed by atoms with van der Waals surface area (Å²) >= 11 is 0. The van der Waals surface area contributed by atoms with Crippen molar-refractivity contribution < 1.29 is 5.11 Å². The molecule has 1 aliphatic heterocycles. The SMILES string of the molecule is Oc1ccccc1CNC1CCCCC1C1CCCN1. The second kappa shape index (κ2) is 6.59. The Kier molecular flexibility index (Phi) is 4.58. The molecule has 3 unspecified atom stereocenters. The van der Waals surface area contributed by atoms with Crippen LogP contribution in [0.15, 0.2) is 24.3 Å². The van der Waals surface area contributed by atoms with Crippen LogP contribution in [0.1, 0.15) is 44.1 Å². The first kappa shape index (κ1) is 13.9. The van der Waals surface area contributed by atoms with Gasteiger partial charge in [0.1, 0.15) is 5.75 Å². The van der Waals surface area contributed by atoms with Gasteiger partial charge in [-0.15, -0.1) is 0 Å². The molecule has 1 saturated carbocycles. The third-order valence-corrected chi connectivity index (χ3v) is 4.98. The number of para-hydroxylation sites is 1. The molecule has 2 fully saturated rings. The van der Waals surface area contributed by atoms with E-state index in [-0.39, 0.29) is 0 Å². The van der Waals surface area contributed by atoms with Gasteiger partial charge in [0.25, 0.3) is 0 Å². The van der Waals surface area contributed by atoms with Crippen molar-refractivity contribution in [3.8, 4) is 5.75 Å². The average molecular weight is 274 g/mol. The zero-order chi connectivity index (χ0) is 13.8. The third kappa shape index (κ3) is 3.15. The Bertz CT molecular complexity index is 429. The predicted molar refractivity (Wildman–Crippen MR) is 81.7 cm³/mol. The summed E-state index contributed by atoms with van der Waals surface area (Å²) in [6, 6.07) is 8.95. The quantitative estimate of drug-likeness (QED) is 0.791. The first-order valence-electron chi connectivity index (χ1n) is 8.08. The highest BCUT2D eigenvalue weighted by atomic mass is 16.3. The van der Waals surface area contributed by atoms with Gasteiger partial charge in [-0.2, -0.15) is 0 Å². The zero-order valence-corrected chi connectivity index (χ0v) is 12.1. The monoisotopic (exact) mass is 274 g/mol. The predicted octanol–water partition coefficient (Wildman–Crippen LogP) is 2.79. The van der Waals surface area contributed by atoms with E-state index in [4.69, 9.17) is 0 Å². The van der Waals surface area contributed by atoms with Gasteiger partial charge in [0.2, 0.25) is 0 Å². The number of hydrogen-bond acceptors (Lipinski definition) is 3. The van der Waals surface area contributed by atoms with Crippen molar-refractivity contribution in [2.45, 2.75) is 57.2 Å². The maximum Gasteiger partial charge on any atom is 0.120 e. The second-order valence-corrected chi connectivity index (χ2v) is 6.27. The van der Waals surface area contributed by atoms with Crippen LogP contribution in [-0.4, -0.2) is 23.7 Å². The summed E-state index contributed by atoms with van der Waals surface area (Å²) in [6.45, 7) is 1.97. The van der Waals surface area contributed by atoms with E-state index in [1.165, 1.54) is 45.1 Å². The maximum atomic E-state index is 9.87. The lowest BCUT2D eigenvalue weighted by molar-refractivity contribution is 0.213. The Hall–Kier alpha value is -1.06. The van der Waals surface area contributed by atoms with Crippen LogP contribution in [0.3, 0.4) is 0 Å². The highest BCUT2D eigenvalue weighted by Crippen LogP contribution is 2.31. The Balaban J connectivity index is 1.60. The van der Waals surface area contributed by atoms with Crippen LogP contribution in [0.5, 0.6) is 5.75 Å². The molecule has 110 valence electrons. The normalized spacial score (nSPS) is 30.5. The number of hydrogen-bond donors (Lipinski definition) is 3. The summed E-state index contributed by atoms with van der Waals surface area (Å²) in [5.41, 5.74) is 1.01. The van der Waals surface area contributed by atoms with Crippen LogP contribution >= 0.6 is 0 Å². The highest BCUT2D eigenvalue weighted by Gasteiger charge is 2.32. The molecule has 20 heavy (non-hydrogen) atoms. The molecular weight excluding hydrogens is 248 g/mol. The topological polar surface area (TPSA) is 44.3 Å². The molecule has 1 heterocycles. The van der Waals surface area contributed by atoms with E-state index >= 15 is 0 Å². The zero-order valence-electron chi connectivity index (χ0n) is 12.1. The Morgan fingerprint density at radius 1 is 1.10 bits per heavy atom. The summed E-state index contributed by atoms with van der Waals surface area (Å²) in [7, 11) is 0. The molecule has 0 aromatic heterocycles. The molecule has 0 spiro atoms. The van der Waals surface area contributed by atoms with Gasteiger partial charge in [0.15, 0.2) is 0 Å². The lowest BCUT2D eigenvalue weighted by Crippen LogP contribution is -2.46. The summed E-state index contributed by atoms with van der Waals surface area (Å²) in [5, 5.41) is 17.2. The Morgan fingerprint density at radius 2 is 1.95 bits per heavy atom. The van der Waals surface area contributed by atoms with Crippen molar-refractivity contribution in [1.29, 1.82) is 0 Å². The van der Waals surface area contributed by atoms with Gasteiger partial charge < -0.3 is 15.7 Å². The standard InChI is InChI=1S/C17H26N2O/c20-17-10-4-1-6-13(17)12-19-16-8-3-2-7-14(16)15-9-5-11-18-15/h1,4,6,10,14-16,18-20H,2-3,5,7-9,11-12H2. The number of nitrogens with one attached hydrogen (secondary N) is 2. The van der Waals surface area contributed by atoms with Gasteiger partial charge in [-0.05, 0) is 44.2 Å². The van der Waals surface area contributed by atoms with E-state index in [2.05, 4.69) is 10.6 Å². The molecule has 1 aromatic carbocycles. The summed E-state index contributed by atoms with van der Waals surface area (Å²) in [6.07, 6.45) is 7.98. The lowest BCUT2D eigenvalue weighted by atomic mass is 9.79. The van der Waals surface area contributed by atoms with Crippen LogP contribution in [0.4, 0.5) is 0 Å². The van der Waals surface area contributed by atoms with Gasteiger partial charge in [-0.3, -0.25) is 0 Å². The molecule has 0 amide bonds. The fourth-order valence-electron chi connectivity index (χ4n) is 3.87. The van der Waals surface area contributed by atoms with Crippen LogP contribution in [0.25, 0.3) is 0 Å². The minimum absolute atomic E-state index is 0.409. The van der Waals surface area contributed by atoms with Gasteiger partial charge in [-0.1, -0.05) is 31.0 Å². The van der Waals surface area contributed by atoms with Crippen LogP contribution in [0, 0.1) is 5.92 Å². The van der Waals surface area contributed by atoms with Crippen molar-refractivity contribution >= 4 is 0 Å². The summed E-state index contributed by atoms with van der Waals surface area (Å²) in [4.78, 5) is 0. The first-order chi connectivity index (χ1) is 9.84. The van der Waals surface area contributed by atoms with E-state index in [0.29, 0.717) is 17.8 Å². The molecular formula is C17H26N2O. The Morgan fingerprint density at radius 3 is 2.75 bits per heavy atom. The Labute approximate surface area is 121 Å². The second-order valence-electron chi connectivity index (χ2n) is 6.27. The molecule has 3 N–H and O–H groups in total. The molecule has 0 bridgehead atoms. The average Bonchev–Trinajstić information content (AvgIpc) is 3.01. The largest absolute Gasteiger partial charge is 0.508 e. The number of phenols is 1. The molecule has 1 aliphatic carbocycles. The van der Waals surface area contributed by atoms with Crippen molar-refractivity contribution in [2.24, 2.45) is 5.92 Å². The van der Waals surface area contributed by atoms with Gasteiger partial charge in [0, 0.05) is 24.2 Å². The van der Waals surface area contributed by atoms with E-state index in [0.717, 1.165) is 18.0 Å². The van der Waals surface area contributed by atoms with Crippen molar-refractivity contribution in [3.63, 3.8) is 0 Å². The van der Waals surface area contributed by atoms with Crippen molar-refractivity contribution in [1.82, 2.24) is 10.6 Å². The summed E-state index contributed by atoms with van der Waals surface area (Å²) in [5.74, 6) is 1.17. The maximum absolute atomic E-state index is 9.87. The van der Waals surface area contributed by atoms with Crippen LogP contribution in [-0.2, 0) is 6.54 Å². The molecule has 1 saturated heterocycles. The number of phenolic OH excluding ortho intramolecular Hbond substituents is 1. The molecule has 1 aromatic rings. The molecule has 3 atom stereocenters. The van der Waals surface area contributed by atoms with Crippen molar-refractivity contribution in [2.75, 3.05) is 6.54 Å². The molecule has 3 heteroatoms. The number of rotatable bonds is 4. The van der Waals surface area contributed by atoms with E-state index < -0.39 is 0 Å². The highest BCUT2D eigenvalue weighted by molar-refractivity contribution is 5.31. The minimum atomic E-state index is 0.409. The fourth-order valence-corrected chi connectivity index (χ4v) is 3.87. The molecule has 0 radical (unpaired) electrons. The number of benzene rings is 1. The first-order valence-corrected chi connectivity index (χ1v) is 8.08. The smallest absolute Gasteiger partial charge is 0.120 e. The van der Waals surface area contributed by atoms with Crippen LogP contribution < -0.4 is 10.6 Å². The van der Waals surface area contributed by atoms with Crippen LogP contribution in [0.2, 0.25) is 0 Å². The van der Waals surface area contributed by atoms with Crippen molar-refractivity contribution in [3.05, 3.63) is 29.8 Å². The number of aromatic hydroxyl groups is 1. The molecule has 3 nitrogen and oxygen atoms in total. The van der Waals surface area contributed by atoms with E-state index in [1.807, 2.05) is 18.2 Å². The third-order valence-electron chi connectivity index (χ3n) is 4.98. The van der Waals surface area contributed by atoms with E-state index in [1.54, 1.807) is 6.07 Å². The van der Waals surface area contributed by atoms with Gasteiger partial charge >= 0.3 is 0 Å². The molecule has 3 rings (SSSR count). The summed E-state index contributed by atoms with van der Waals surface area (Å²) < 4.78 is 0. The van der Waals surface area contributed by atoms with E-state index in [9.17, 15) is 5.11 Å².